The number of rotatable bonds is 7. The van der Waals surface area contributed by atoms with Crippen molar-refractivity contribution in [3.8, 4) is 5.75 Å². The molecule has 0 aromatic heterocycles. The summed E-state index contributed by atoms with van der Waals surface area (Å²) in [6.07, 6.45) is -3.43. The fourth-order valence-corrected chi connectivity index (χ4v) is 1.91. The Bertz CT molecular complexity index is 466. The summed E-state index contributed by atoms with van der Waals surface area (Å²) >= 11 is 3.00. The van der Waals surface area contributed by atoms with Crippen LogP contribution >= 0.6 is 15.9 Å². The number of carboxylic acid groups (broad SMARTS) is 1. The van der Waals surface area contributed by atoms with E-state index in [9.17, 15) is 18.0 Å². The third kappa shape index (κ3) is 6.65. The summed E-state index contributed by atoms with van der Waals surface area (Å²) in [4.78, 5) is 10.3. The Hall–Kier alpha value is -1.44. The molecule has 112 valence electrons. The molecule has 8 heteroatoms. The van der Waals surface area contributed by atoms with Gasteiger partial charge in [-0.1, -0.05) is 0 Å². The molecule has 0 unspecified atom stereocenters. The zero-order chi connectivity index (χ0) is 15.2. The molecule has 1 rings (SSSR count). The maximum atomic E-state index is 12.1. The number of benzene rings is 1. The predicted octanol–water partition coefficient (Wildman–Crippen LogP) is 4.01. The smallest absolute Gasteiger partial charge is 0.481 e. The molecule has 0 atom stereocenters. The number of carboxylic acids is 1. The lowest BCUT2D eigenvalue weighted by Gasteiger charge is -2.12. The highest BCUT2D eigenvalue weighted by atomic mass is 79.9. The van der Waals surface area contributed by atoms with Crippen LogP contribution < -0.4 is 10.1 Å². The van der Waals surface area contributed by atoms with Crippen molar-refractivity contribution in [2.45, 2.75) is 25.6 Å². The standard InChI is InChI=1S/C12H13BrF3NO3/c13-9-7-8(17-6-2-1-3-11(18)19)4-5-10(9)20-12(14,15)16/h4-5,7,17H,1-3,6H2,(H,18,19). The van der Waals surface area contributed by atoms with Gasteiger partial charge < -0.3 is 15.2 Å². The van der Waals surface area contributed by atoms with Crippen LogP contribution in [-0.4, -0.2) is 24.0 Å². The van der Waals surface area contributed by atoms with Crippen LogP contribution in [0.2, 0.25) is 0 Å². The highest BCUT2D eigenvalue weighted by Crippen LogP contribution is 2.32. The Morgan fingerprint density at radius 1 is 1.35 bits per heavy atom. The van der Waals surface area contributed by atoms with Crippen molar-refractivity contribution in [2.75, 3.05) is 11.9 Å². The zero-order valence-corrected chi connectivity index (χ0v) is 11.9. The van der Waals surface area contributed by atoms with E-state index in [4.69, 9.17) is 5.11 Å². The molecule has 4 nitrogen and oxygen atoms in total. The monoisotopic (exact) mass is 355 g/mol. The summed E-state index contributed by atoms with van der Waals surface area (Å²) in [5.74, 6) is -1.16. The first-order valence-corrected chi connectivity index (χ1v) is 6.58. The third-order valence-electron chi connectivity index (χ3n) is 2.30. The number of hydrogen-bond acceptors (Lipinski definition) is 3. The molecule has 0 aliphatic carbocycles. The SMILES string of the molecule is O=C(O)CCCCNc1ccc(OC(F)(F)F)c(Br)c1. The number of hydrogen-bond donors (Lipinski definition) is 2. The summed E-state index contributed by atoms with van der Waals surface area (Å²) in [6, 6.07) is 4.14. The lowest BCUT2D eigenvalue weighted by Crippen LogP contribution is -2.17. The average Bonchev–Trinajstić information content (AvgIpc) is 2.30. The van der Waals surface area contributed by atoms with E-state index in [0.29, 0.717) is 25.1 Å². The number of nitrogens with one attached hydrogen (secondary N) is 1. The van der Waals surface area contributed by atoms with Gasteiger partial charge >= 0.3 is 12.3 Å². The Labute approximate surface area is 122 Å². The first kappa shape index (κ1) is 16.6. The highest BCUT2D eigenvalue weighted by molar-refractivity contribution is 9.10. The Balaban J connectivity index is 2.45. The zero-order valence-electron chi connectivity index (χ0n) is 10.3. The Morgan fingerprint density at radius 3 is 2.60 bits per heavy atom. The van der Waals surface area contributed by atoms with Crippen molar-refractivity contribution < 1.29 is 27.8 Å². The Morgan fingerprint density at radius 2 is 2.05 bits per heavy atom. The van der Waals surface area contributed by atoms with E-state index < -0.39 is 12.3 Å². The van der Waals surface area contributed by atoms with Gasteiger partial charge in [0.2, 0.25) is 0 Å². The van der Waals surface area contributed by atoms with E-state index in [2.05, 4.69) is 26.0 Å². The second kappa shape index (κ2) is 7.37. The quantitative estimate of drug-likeness (QED) is 0.725. The third-order valence-corrected chi connectivity index (χ3v) is 2.92. The molecule has 0 heterocycles. The normalized spacial score (nSPS) is 11.2. The van der Waals surface area contributed by atoms with Gasteiger partial charge in [-0.15, -0.1) is 13.2 Å². The fourth-order valence-electron chi connectivity index (χ4n) is 1.45. The van der Waals surface area contributed by atoms with E-state index >= 15 is 0 Å². The van der Waals surface area contributed by atoms with Crippen LogP contribution in [0.1, 0.15) is 19.3 Å². The minimum atomic E-state index is -4.73. The number of alkyl halides is 3. The van der Waals surface area contributed by atoms with Gasteiger partial charge in [0, 0.05) is 18.7 Å². The molecule has 0 amide bonds. The summed E-state index contributed by atoms with van der Waals surface area (Å²) in [7, 11) is 0. The number of carbonyl (C=O) groups is 1. The molecule has 0 radical (unpaired) electrons. The van der Waals surface area contributed by atoms with Crippen LogP contribution in [0.25, 0.3) is 0 Å². The van der Waals surface area contributed by atoms with Crippen molar-refractivity contribution in [3.63, 3.8) is 0 Å². The molecule has 0 fully saturated rings. The van der Waals surface area contributed by atoms with Crippen LogP contribution in [0.3, 0.4) is 0 Å². The molecule has 2 N–H and O–H groups in total. The average molecular weight is 356 g/mol. The van der Waals surface area contributed by atoms with Crippen LogP contribution in [0.15, 0.2) is 22.7 Å². The molecule has 0 saturated carbocycles. The molecular formula is C12H13BrF3NO3. The highest BCUT2D eigenvalue weighted by Gasteiger charge is 2.31. The summed E-state index contributed by atoms with van der Waals surface area (Å²) in [5, 5.41) is 11.4. The molecule has 0 saturated heterocycles. The van der Waals surface area contributed by atoms with Crippen molar-refractivity contribution in [3.05, 3.63) is 22.7 Å². The molecule has 20 heavy (non-hydrogen) atoms. The largest absolute Gasteiger partial charge is 0.573 e. The topological polar surface area (TPSA) is 58.6 Å². The number of ether oxygens (including phenoxy) is 1. The molecular weight excluding hydrogens is 343 g/mol. The van der Waals surface area contributed by atoms with Crippen LogP contribution in [-0.2, 0) is 4.79 Å². The molecule has 1 aromatic rings. The van der Waals surface area contributed by atoms with Crippen molar-refractivity contribution in [1.82, 2.24) is 0 Å². The minimum Gasteiger partial charge on any atom is -0.481 e. The molecule has 0 spiro atoms. The van der Waals surface area contributed by atoms with Crippen LogP contribution in [0, 0.1) is 0 Å². The summed E-state index contributed by atoms with van der Waals surface area (Å²) < 4.78 is 40.2. The van der Waals surface area contributed by atoms with E-state index in [0.717, 1.165) is 0 Å². The molecule has 0 aliphatic heterocycles. The fraction of sp³-hybridized carbons (Fsp3) is 0.417. The van der Waals surface area contributed by atoms with Gasteiger partial charge in [-0.25, -0.2) is 0 Å². The molecule has 0 bridgehead atoms. The summed E-state index contributed by atoms with van der Waals surface area (Å²) in [5.41, 5.74) is 0.627. The van der Waals surface area contributed by atoms with E-state index in [1.807, 2.05) is 0 Å². The van der Waals surface area contributed by atoms with Crippen molar-refractivity contribution >= 4 is 27.6 Å². The summed E-state index contributed by atoms with van der Waals surface area (Å²) in [6.45, 7) is 0.541. The van der Waals surface area contributed by atoms with Gasteiger partial charge in [-0.3, -0.25) is 4.79 Å². The number of aliphatic carboxylic acids is 1. The maximum Gasteiger partial charge on any atom is 0.573 e. The van der Waals surface area contributed by atoms with Crippen molar-refractivity contribution in [1.29, 1.82) is 0 Å². The number of anilines is 1. The van der Waals surface area contributed by atoms with E-state index in [1.54, 1.807) is 0 Å². The predicted molar refractivity (Wildman–Crippen MR) is 70.8 cm³/mol. The lowest BCUT2D eigenvalue weighted by atomic mass is 10.2. The van der Waals surface area contributed by atoms with Crippen LogP contribution in [0.5, 0.6) is 5.75 Å². The number of unbranched alkanes of at least 4 members (excludes halogenated alkanes) is 1. The second-order valence-corrected chi connectivity index (χ2v) is 4.82. The Kier molecular flexibility index (Phi) is 6.12. The maximum absolute atomic E-state index is 12.1. The van der Waals surface area contributed by atoms with Crippen molar-refractivity contribution in [2.24, 2.45) is 0 Å². The van der Waals surface area contributed by atoms with Gasteiger partial charge in [-0.2, -0.15) is 0 Å². The van der Waals surface area contributed by atoms with E-state index in [-0.39, 0.29) is 16.6 Å². The van der Waals surface area contributed by atoms with Gasteiger partial charge in [-0.05, 0) is 47.0 Å². The van der Waals surface area contributed by atoms with Gasteiger partial charge in [0.05, 0.1) is 4.47 Å². The second-order valence-electron chi connectivity index (χ2n) is 3.97. The first-order valence-electron chi connectivity index (χ1n) is 5.79. The minimum absolute atomic E-state index is 0.101. The molecule has 1 aromatic carbocycles. The lowest BCUT2D eigenvalue weighted by molar-refractivity contribution is -0.274. The number of halogens is 4. The van der Waals surface area contributed by atoms with Crippen LogP contribution in [0.4, 0.5) is 18.9 Å². The van der Waals surface area contributed by atoms with E-state index in [1.165, 1.54) is 18.2 Å². The van der Waals surface area contributed by atoms with Gasteiger partial charge in [0.15, 0.2) is 0 Å². The van der Waals surface area contributed by atoms with Gasteiger partial charge in [0.25, 0.3) is 0 Å². The van der Waals surface area contributed by atoms with Gasteiger partial charge in [0.1, 0.15) is 5.75 Å². The molecule has 0 aliphatic rings. The first-order chi connectivity index (χ1) is 9.28.